The summed E-state index contributed by atoms with van der Waals surface area (Å²) in [4.78, 5) is 2.85. The molecule has 2 heterocycles. The maximum atomic E-state index is 13.0. The van der Waals surface area contributed by atoms with E-state index in [0.29, 0.717) is 18.0 Å². The summed E-state index contributed by atoms with van der Waals surface area (Å²) in [6.45, 7) is 8.91. The highest BCUT2D eigenvalue weighted by atomic mass is 32.2. The van der Waals surface area contributed by atoms with E-state index < -0.39 is 10.0 Å². The molecule has 126 valence electrons. The third-order valence-corrected chi connectivity index (χ3v) is 7.08. The average Bonchev–Trinajstić information content (AvgIpc) is 2.90. The van der Waals surface area contributed by atoms with Crippen LogP contribution in [-0.4, -0.2) is 49.3 Å². The van der Waals surface area contributed by atoms with Crippen molar-refractivity contribution in [2.45, 2.75) is 43.0 Å². The number of aryl methyl sites for hydroxylation is 1. The molecule has 2 fully saturated rings. The van der Waals surface area contributed by atoms with Crippen LogP contribution in [0.25, 0.3) is 0 Å². The quantitative estimate of drug-likeness (QED) is 0.795. The second-order valence-electron chi connectivity index (χ2n) is 6.82. The summed E-state index contributed by atoms with van der Waals surface area (Å²) in [6, 6.07) is 7.23. The van der Waals surface area contributed by atoms with Gasteiger partial charge < -0.3 is 0 Å². The van der Waals surface area contributed by atoms with Crippen molar-refractivity contribution in [3.8, 4) is 0 Å². The van der Waals surface area contributed by atoms with Gasteiger partial charge in [0.05, 0.1) is 4.90 Å². The molecule has 1 atom stereocenters. The van der Waals surface area contributed by atoms with Gasteiger partial charge in [-0.2, -0.15) is 4.31 Å². The number of benzene rings is 1. The van der Waals surface area contributed by atoms with Gasteiger partial charge in [0.1, 0.15) is 0 Å². The van der Waals surface area contributed by atoms with Crippen LogP contribution in [-0.2, 0) is 10.0 Å². The molecule has 0 aliphatic carbocycles. The van der Waals surface area contributed by atoms with E-state index >= 15 is 0 Å². The molecular formula is C18H26N2O2S. The van der Waals surface area contributed by atoms with Gasteiger partial charge in [0.2, 0.25) is 10.0 Å². The van der Waals surface area contributed by atoms with Crippen molar-refractivity contribution in [2.75, 3.05) is 26.2 Å². The fourth-order valence-electron chi connectivity index (χ4n) is 4.10. The SMILES string of the molecule is C=CCN1CCCC12CCCN(S(=O)(=O)c1cccc(C)c1)C2. The lowest BCUT2D eigenvalue weighted by Crippen LogP contribution is -2.56. The Balaban J connectivity index is 1.87. The third kappa shape index (κ3) is 3.10. The number of rotatable bonds is 4. The largest absolute Gasteiger partial charge is 0.293 e. The van der Waals surface area contributed by atoms with E-state index in [4.69, 9.17) is 0 Å². The normalized spacial score (nSPS) is 26.7. The van der Waals surface area contributed by atoms with Crippen molar-refractivity contribution in [3.63, 3.8) is 0 Å². The third-order valence-electron chi connectivity index (χ3n) is 5.24. The highest BCUT2D eigenvalue weighted by Gasteiger charge is 2.45. The van der Waals surface area contributed by atoms with Crippen LogP contribution in [0.1, 0.15) is 31.2 Å². The number of hydrogen-bond donors (Lipinski definition) is 0. The van der Waals surface area contributed by atoms with Crippen LogP contribution in [0.4, 0.5) is 0 Å². The summed E-state index contributed by atoms with van der Waals surface area (Å²) >= 11 is 0. The smallest absolute Gasteiger partial charge is 0.243 e. The maximum absolute atomic E-state index is 13.0. The molecule has 2 aliphatic rings. The molecule has 0 N–H and O–H groups in total. The maximum Gasteiger partial charge on any atom is 0.243 e. The van der Waals surface area contributed by atoms with E-state index in [1.807, 2.05) is 25.1 Å². The van der Waals surface area contributed by atoms with Gasteiger partial charge >= 0.3 is 0 Å². The molecule has 2 aliphatic heterocycles. The van der Waals surface area contributed by atoms with E-state index in [-0.39, 0.29) is 5.54 Å². The Bertz CT molecular complexity index is 686. The van der Waals surface area contributed by atoms with Crippen LogP contribution in [0.2, 0.25) is 0 Å². The molecule has 1 aromatic carbocycles. The first-order valence-corrected chi connectivity index (χ1v) is 9.85. The fraction of sp³-hybridized carbons (Fsp3) is 0.556. The van der Waals surface area contributed by atoms with E-state index in [2.05, 4.69) is 11.5 Å². The Morgan fingerprint density at radius 1 is 1.26 bits per heavy atom. The van der Waals surface area contributed by atoms with Crippen molar-refractivity contribution in [2.24, 2.45) is 0 Å². The van der Waals surface area contributed by atoms with Gasteiger partial charge in [-0.25, -0.2) is 8.42 Å². The molecule has 0 bridgehead atoms. The summed E-state index contributed by atoms with van der Waals surface area (Å²) in [7, 11) is -3.41. The molecule has 23 heavy (non-hydrogen) atoms. The Morgan fingerprint density at radius 2 is 2.00 bits per heavy atom. The zero-order valence-electron chi connectivity index (χ0n) is 13.9. The second kappa shape index (κ2) is 6.38. The molecule has 0 aromatic heterocycles. The first kappa shape index (κ1) is 16.7. The van der Waals surface area contributed by atoms with Crippen LogP contribution >= 0.6 is 0 Å². The molecule has 0 radical (unpaired) electrons. The number of likely N-dealkylation sites (tertiary alicyclic amines) is 1. The standard InChI is InChI=1S/C18H26N2O2S/c1-3-11-19-12-5-9-18(19)10-6-13-20(15-18)23(21,22)17-8-4-7-16(2)14-17/h3-4,7-8,14H,1,5-6,9-13,15H2,2H3. The predicted molar refractivity (Wildman–Crippen MR) is 92.9 cm³/mol. The average molecular weight is 334 g/mol. The van der Waals surface area contributed by atoms with Gasteiger partial charge in [0.25, 0.3) is 0 Å². The molecule has 2 saturated heterocycles. The molecule has 3 rings (SSSR count). The summed E-state index contributed by atoms with van der Waals surface area (Å²) in [5.74, 6) is 0. The number of piperidine rings is 1. The molecule has 4 nitrogen and oxygen atoms in total. The second-order valence-corrected chi connectivity index (χ2v) is 8.76. The van der Waals surface area contributed by atoms with Crippen LogP contribution in [0.3, 0.4) is 0 Å². The van der Waals surface area contributed by atoms with Crippen LogP contribution in [0.15, 0.2) is 41.8 Å². The van der Waals surface area contributed by atoms with Crippen molar-refractivity contribution < 1.29 is 8.42 Å². The van der Waals surface area contributed by atoms with Crippen molar-refractivity contribution in [1.29, 1.82) is 0 Å². The number of sulfonamides is 1. The van der Waals surface area contributed by atoms with Crippen LogP contribution < -0.4 is 0 Å². The molecule has 1 aromatic rings. The van der Waals surface area contributed by atoms with Gasteiger partial charge in [-0.15, -0.1) is 6.58 Å². The monoisotopic (exact) mass is 334 g/mol. The molecule has 1 unspecified atom stereocenters. The number of hydrogen-bond acceptors (Lipinski definition) is 3. The lowest BCUT2D eigenvalue weighted by Gasteiger charge is -2.45. The van der Waals surface area contributed by atoms with Gasteiger partial charge in [-0.3, -0.25) is 4.90 Å². The lowest BCUT2D eigenvalue weighted by atomic mass is 9.87. The van der Waals surface area contributed by atoms with E-state index in [1.54, 1.807) is 16.4 Å². The Morgan fingerprint density at radius 3 is 2.70 bits per heavy atom. The molecular weight excluding hydrogens is 308 g/mol. The molecule has 0 amide bonds. The minimum absolute atomic E-state index is 0.00331. The van der Waals surface area contributed by atoms with E-state index in [9.17, 15) is 8.42 Å². The predicted octanol–water partition coefficient (Wildman–Crippen LogP) is 2.80. The minimum Gasteiger partial charge on any atom is -0.293 e. The highest BCUT2D eigenvalue weighted by molar-refractivity contribution is 7.89. The Hall–Kier alpha value is -1.17. The van der Waals surface area contributed by atoms with Crippen molar-refractivity contribution in [3.05, 3.63) is 42.5 Å². The summed E-state index contributed by atoms with van der Waals surface area (Å²) in [5, 5.41) is 0. The first-order chi connectivity index (χ1) is 11.0. The summed E-state index contributed by atoms with van der Waals surface area (Å²) < 4.78 is 27.8. The van der Waals surface area contributed by atoms with Gasteiger partial charge in [-0.05, 0) is 56.8 Å². The zero-order chi connectivity index (χ0) is 16.5. The van der Waals surface area contributed by atoms with Crippen molar-refractivity contribution >= 4 is 10.0 Å². The summed E-state index contributed by atoms with van der Waals surface area (Å²) in [6.07, 6.45) is 6.17. The number of nitrogens with zero attached hydrogens (tertiary/aromatic N) is 2. The van der Waals surface area contributed by atoms with Gasteiger partial charge in [0.15, 0.2) is 0 Å². The molecule has 1 spiro atoms. The minimum atomic E-state index is -3.41. The highest BCUT2D eigenvalue weighted by Crippen LogP contribution is 2.38. The van der Waals surface area contributed by atoms with Gasteiger partial charge in [-0.1, -0.05) is 18.2 Å². The van der Waals surface area contributed by atoms with Crippen molar-refractivity contribution in [1.82, 2.24) is 9.21 Å². The first-order valence-electron chi connectivity index (χ1n) is 8.41. The molecule has 0 saturated carbocycles. The van der Waals surface area contributed by atoms with Crippen LogP contribution in [0, 0.1) is 6.92 Å². The topological polar surface area (TPSA) is 40.6 Å². The van der Waals surface area contributed by atoms with E-state index in [0.717, 1.165) is 44.3 Å². The summed E-state index contributed by atoms with van der Waals surface area (Å²) in [5.41, 5.74) is 0.982. The van der Waals surface area contributed by atoms with Crippen LogP contribution in [0.5, 0.6) is 0 Å². The van der Waals surface area contributed by atoms with Gasteiger partial charge in [0, 0.05) is 25.2 Å². The fourth-order valence-corrected chi connectivity index (χ4v) is 5.76. The Kier molecular flexibility index (Phi) is 4.63. The Labute approximate surface area is 139 Å². The molecule has 5 heteroatoms. The zero-order valence-corrected chi connectivity index (χ0v) is 14.7. The van der Waals surface area contributed by atoms with E-state index in [1.165, 1.54) is 0 Å². The lowest BCUT2D eigenvalue weighted by molar-refractivity contribution is 0.0841.